The van der Waals surface area contributed by atoms with Crippen LogP contribution in [0.2, 0.25) is 0 Å². The van der Waals surface area contributed by atoms with Crippen molar-refractivity contribution in [3.8, 4) is 5.75 Å². The third kappa shape index (κ3) is 6.60. The van der Waals surface area contributed by atoms with Gasteiger partial charge in [-0.1, -0.05) is 25.2 Å². The molecule has 9 nitrogen and oxygen atoms in total. The van der Waals surface area contributed by atoms with Crippen molar-refractivity contribution in [1.29, 1.82) is 0 Å². The molecule has 2 aromatic carbocycles. The van der Waals surface area contributed by atoms with Gasteiger partial charge in [-0.15, -0.1) is 12.4 Å². The summed E-state index contributed by atoms with van der Waals surface area (Å²) in [6.07, 6.45) is 0. The number of methoxy groups -OCH3 is 1. The van der Waals surface area contributed by atoms with Gasteiger partial charge in [-0.3, -0.25) is 9.69 Å². The second-order valence-corrected chi connectivity index (χ2v) is 11.3. The van der Waals surface area contributed by atoms with Gasteiger partial charge in [-0.05, 0) is 49.5 Å². The van der Waals surface area contributed by atoms with E-state index >= 15 is 0 Å². The number of benzene rings is 2. The normalized spacial score (nSPS) is 14.5. The maximum Gasteiger partial charge on any atom is 0.260 e. The summed E-state index contributed by atoms with van der Waals surface area (Å²) >= 11 is 1.45. The predicted octanol–water partition coefficient (Wildman–Crippen LogP) is 3.74. The highest BCUT2D eigenvalue weighted by atomic mass is 35.5. The van der Waals surface area contributed by atoms with Gasteiger partial charge in [0.2, 0.25) is 10.0 Å². The van der Waals surface area contributed by atoms with Gasteiger partial charge in [-0.2, -0.15) is 4.31 Å². The molecule has 4 rings (SSSR count). The number of hydrogen-bond acceptors (Lipinski definition) is 8. The van der Waals surface area contributed by atoms with Crippen molar-refractivity contribution in [3.05, 3.63) is 48.0 Å². The van der Waals surface area contributed by atoms with E-state index in [1.165, 1.54) is 27.8 Å². The number of hydrogen-bond donors (Lipinski definition) is 0. The van der Waals surface area contributed by atoms with Crippen molar-refractivity contribution >= 4 is 55.0 Å². The number of ether oxygens (including phenoxy) is 2. The standard InChI is InChI=1S/C25H32N4O5S2.ClH/c1-4-27(5-2)12-13-29(25-26-22-18-20(33-3)8-11-23(22)35-25)24(30)19-6-9-21(10-7-19)36(31,32)28-14-16-34-17-15-28;/h6-11,18H,4-5,12-17H2,1-3H3;1H. The van der Waals surface area contributed by atoms with Gasteiger partial charge in [0, 0.05) is 37.8 Å². The van der Waals surface area contributed by atoms with Crippen LogP contribution in [-0.2, 0) is 14.8 Å². The van der Waals surface area contributed by atoms with Crippen LogP contribution in [0, 0.1) is 0 Å². The molecule has 0 unspecified atom stereocenters. The third-order valence-electron chi connectivity index (χ3n) is 6.30. The van der Waals surface area contributed by atoms with E-state index < -0.39 is 10.0 Å². The van der Waals surface area contributed by atoms with E-state index in [2.05, 4.69) is 18.7 Å². The average molecular weight is 569 g/mol. The van der Waals surface area contributed by atoms with E-state index in [-0.39, 0.29) is 23.2 Å². The first kappa shape index (κ1) is 29.3. The molecule has 0 atom stereocenters. The van der Waals surface area contributed by atoms with Gasteiger partial charge in [-0.25, -0.2) is 13.4 Å². The topological polar surface area (TPSA) is 92.3 Å². The summed E-state index contributed by atoms with van der Waals surface area (Å²) in [7, 11) is -2.02. The minimum atomic E-state index is -3.63. The van der Waals surface area contributed by atoms with Crippen molar-refractivity contribution in [1.82, 2.24) is 14.2 Å². The highest BCUT2D eigenvalue weighted by molar-refractivity contribution is 7.89. The van der Waals surface area contributed by atoms with Crippen LogP contribution in [0.15, 0.2) is 47.4 Å². The number of anilines is 1. The highest BCUT2D eigenvalue weighted by Crippen LogP contribution is 2.32. The van der Waals surface area contributed by atoms with Crippen LogP contribution in [0.4, 0.5) is 5.13 Å². The van der Waals surface area contributed by atoms with E-state index in [1.54, 1.807) is 24.1 Å². The molecule has 0 bridgehead atoms. The molecule has 202 valence electrons. The highest BCUT2D eigenvalue weighted by Gasteiger charge is 2.27. The van der Waals surface area contributed by atoms with Gasteiger partial charge in [0.25, 0.3) is 5.91 Å². The molecule has 1 saturated heterocycles. The van der Waals surface area contributed by atoms with Crippen molar-refractivity contribution in [2.45, 2.75) is 18.7 Å². The smallest absolute Gasteiger partial charge is 0.260 e. The first-order valence-corrected chi connectivity index (χ1v) is 14.3. The number of carbonyl (C=O) groups is 1. The Morgan fingerprint density at radius 3 is 2.38 bits per heavy atom. The number of nitrogens with zero attached hydrogens (tertiary/aromatic N) is 4. The molecule has 1 aliphatic rings. The lowest BCUT2D eigenvalue weighted by Crippen LogP contribution is -2.40. The van der Waals surface area contributed by atoms with E-state index in [0.29, 0.717) is 55.8 Å². The van der Waals surface area contributed by atoms with Gasteiger partial charge >= 0.3 is 0 Å². The summed E-state index contributed by atoms with van der Waals surface area (Å²) in [5.74, 6) is 0.487. The molecule has 3 aromatic rings. The molecule has 12 heteroatoms. The molecule has 0 aliphatic carbocycles. The minimum Gasteiger partial charge on any atom is -0.497 e. The van der Waals surface area contributed by atoms with Crippen molar-refractivity contribution in [2.75, 3.05) is 64.5 Å². The monoisotopic (exact) mass is 568 g/mol. The molecule has 37 heavy (non-hydrogen) atoms. The Bertz CT molecular complexity index is 1290. The number of thiazole rings is 1. The second-order valence-electron chi connectivity index (χ2n) is 8.35. The average Bonchev–Trinajstić information content (AvgIpc) is 3.34. The van der Waals surface area contributed by atoms with Crippen LogP contribution >= 0.6 is 23.7 Å². The zero-order chi connectivity index (χ0) is 25.7. The fourth-order valence-electron chi connectivity index (χ4n) is 4.06. The van der Waals surface area contributed by atoms with Crippen molar-refractivity contribution in [3.63, 3.8) is 0 Å². The van der Waals surface area contributed by atoms with Crippen LogP contribution in [0.5, 0.6) is 5.75 Å². The zero-order valence-corrected chi connectivity index (χ0v) is 23.7. The number of likely N-dealkylation sites (N-methyl/N-ethyl adjacent to an activating group) is 1. The SMILES string of the molecule is CCN(CC)CCN(C(=O)c1ccc(S(=O)(=O)N2CCOCC2)cc1)c1nc2cc(OC)ccc2s1.Cl. The molecule has 1 amide bonds. The minimum absolute atomic E-state index is 0. The Balaban J connectivity index is 0.00000380. The summed E-state index contributed by atoms with van der Waals surface area (Å²) < 4.78 is 38.9. The van der Waals surface area contributed by atoms with Gasteiger partial charge in [0.1, 0.15) is 5.75 Å². The molecule has 1 fully saturated rings. The number of morpholine rings is 1. The first-order chi connectivity index (χ1) is 17.4. The number of halogens is 1. The molecule has 0 radical (unpaired) electrons. The Labute approximate surface area is 228 Å². The lowest BCUT2D eigenvalue weighted by molar-refractivity contribution is 0.0730. The molecule has 1 aliphatic heterocycles. The van der Waals surface area contributed by atoms with E-state index in [9.17, 15) is 13.2 Å². The van der Waals surface area contributed by atoms with Gasteiger partial charge in [0.15, 0.2) is 5.13 Å². The Kier molecular flexibility index (Phi) is 10.3. The summed E-state index contributed by atoms with van der Waals surface area (Å²) in [4.78, 5) is 22.5. The predicted molar refractivity (Wildman–Crippen MR) is 149 cm³/mol. The van der Waals surface area contributed by atoms with Crippen LogP contribution in [0.25, 0.3) is 10.2 Å². The molecule has 0 spiro atoms. The fourth-order valence-corrected chi connectivity index (χ4v) is 6.44. The van der Waals surface area contributed by atoms with Crippen LogP contribution < -0.4 is 9.64 Å². The molecular formula is C25H33ClN4O5S2. The first-order valence-electron chi connectivity index (χ1n) is 12.0. The third-order valence-corrected chi connectivity index (χ3v) is 9.28. The van der Waals surface area contributed by atoms with Crippen LogP contribution in [-0.4, -0.2) is 88.1 Å². The number of fused-ring (bicyclic) bond motifs is 1. The van der Waals surface area contributed by atoms with E-state index in [1.807, 2.05) is 18.2 Å². The quantitative estimate of drug-likeness (QED) is 0.368. The van der Waals surface area contributed by atoms with Crippen molar-refractivity contribution in [2.24, 2.45) is 0 Å². The Hall–Kier alpha value is -2.28. The molecular weight excluding hydrogens is 536 g/mol. The second kappa shape index (κ2) is 13.0. The largest absolute Gasteiger partial charge is 0.497 e. The molecule has 0 N–H and O–H groups in total. The fraction of sp³-hybridized carbons (Fsp3) is 0.440. The molecule has 0 saturated carbocycles. The summed E-state index contributed by atoms with van der Waals surface area (Å²) in [6.45, 7) is 8.51. The zero-order valence-electron chi connectivity index (χ0n) is 21.3. The van der Waals surface area contributed by atoms with Crippen LogP contribution in [0.1, 0.15) is 24.2 Å². The molecule has 1 aromatic heterocycles. The van der Waals surface area contributed by atoms with E-state index in [0.717, 1.165) is 23.3 Å². The summed E-state index contributed by atoms with van der Waals surface area (Å²) in [5, 5.41) is 0.598. The number of carbonyl (C=O) groups excluding carboxylic acids is 1. The number of rotatable bonds is 10. The number of amides is 1. The summed E-state index contributed by atoms with van der Waals surface area (Å²) in [6, 6.07) is 11.8. The number of aromatic nitrogens is 1. The lowest BCUT2D eigenvalue weighted by Gasteiger charge is -2.26. The van der Waals surface area contributed by atoms with E-state index in [4.69, 9.17) is 14.5 Å². The van der Waals surface area contributed by atoms with Crippen LogP contribution in [0.3, 0.4) is 0 Å². The van der Waals surface area contributed by atoms with Gasteiger partial charge < -0.3 is 14.4 Å². The van der Waals surface area contributed by atoms with Crippen molar-refractivity contribution < 1.29 is 22.7 Å². The lowest BCUT2D eigenvalue weighted by atomic mass is 10.2. The van der Waals surface area contributed by atoms with Gasteiger partial charge in [0.05, 0.1) is 35.4 Å². The maximum atomic E-state index is 13.7. The Morgan fingerprint density at radius 1 is 1.08 bits per heavy atom. The Morgan fingerprint density at radius 2 is 1.76 bits per heavy atom. The maximum absolute atomic E-state index is 13.7. The summed E-state index contributed by atoms with van der Waals surface area (Å²) in [5.41, 5.74) is 1.18. The molecule has 2 heterocycles. The number of sulfonamides is 1.